The molecule has 1 fully saturated rings. The molecule has 0 bridgehead atoms. The molecule has 0 unspecified atom stereocenters. The summed E-state index contributed by atoms with van der Waals surface area (Å²) in [5, 5.41) is 4.26. The van der Waals surface area contributed by atoms with E-state index in [0.717, 1.165) is 10.2 Å². The number of rotatable bonds is 3. The minimum Gasteiger partial charge on any atom is -0.337 e. The van der Waals surface area contributed by atoms with Gasteiger partial charge >= 0.3 is 0 Å². The summed E-state index contributed by atoms with van der Waals surface area (Å²) in [6.07, 6.45) is 5.07. The van der Waals surface area contributed by atoms with E-state index in [4.69, 9.17) is 0 Å². The zero-order chi connectivity index (χ0) is 18.0. The number of halogens is 1. The highest BCUT2D eigenvalue weighted by Gasteiger charge is 2.25. The van der Waals surface area contributed by atoms with Gasteiger partial charge in [-0.2, -0.15) is 5.10 Å². The molecular weight excluding hydrogens is 408 g/mol. The van der Waals surface area contributed by atoms with Crippen molar-refractivity contribution in [2.24, 2.45) is 0 Å². The fraction of sp³-hybridized carbons (Fsp3) is 0.375. The molecule has 0 radical (unpaired) electrons. The van der Waals surface area contributed by atoms with Gasteiger partial charge in [0, 0.05) is 36.8 Å². The van der Waals surface area contributed by atoms with E-state index in [2.05, 4.69) is 21.0 Å². The van der Waals surface area contributed by atoms with Gasteiger partial charge in [-0.3, -0.25) is 4.79 Å². The fourth-order valence-corrected chi connectivity index (χ4v) is 3.92. The molecule has 2 aromatic rings. The van der Waals surface area contributed by atoms with Gasteiger partial charge in [0.2, 0.25) is 10.0 Å². The Kier molecular flexibility index (Phi) is 5.26. The van der Waals surface area contributed by atoms with Gasteiger partial charge in [-0.25, -0.2) is 17.4 Å². The van der Waals surface area contributed by atoms with Crippen LogP contribution in [-0.4, -0.2) is 65.7 Å². The van der Waals surface area contributed by atoms with Gasteiger partial charge in [0.15, 0.2) is 0 Å². The smallest absolute Gasteiger partial charge is 0.257 e. The van der Waals surface area contributed by atoms with E-state index >= 15 is 0 Å². The Morgan fingerprint density at radius 2 is 1.84 bits per heavy atom. The number of hydrogen-bond acceptors (Lipinski definition) is 4. The summed E-state index contributed by atoms with van der Waals surface area (Å²) in [6.45, 7) is 1.69. The Labute approximate surface area is 155 Å². The Bertz CT molecular complexity index is 864. The second kappa shape index (κ2) is 7.27. The number of hydrogen-bond donors (Lipinski definition) is 0. The predicted molar refractivity (Wildman–Crippen MR) is 98.2 cm³/mol. The zero-order valence-electron chi connectivity index (χ0n) is 13.8. The molecule has 1 saturated heterocycles. The molecule has 1 aromatic heterocycles. The van der Waals surface area contributed by atoms with Crippen molar-refractivity contribution in [2.75, 3.05) is 32.4 Å². The molecule has 3 rings (SSSR count). The average molecular weight is 427 g/mol. The molecule has 0 N–H and O–H groups in total. The van der Waals surface area contributed by atoms with Gasteiger partial charge in [-0.05, 0) is 30.7 Å². The normalized spacial score (nSPS) is 16.6. The maximum atomic E-state index is 12.7. The van der Waals surface area contributed by atoms with Crippen LogP contribution in [0.4, 0.5) is 0 Å². The highest BCUT2D eigenvalue weighted by Crippen LogP contribution is 2.15. The molecule has 25 heavy (non-hydrogen) atoms. The minimum absolute atomic E-state index is 0.126. The lowest BCUT2D eigenvalue weighted by Gasteiger charge is -2.20. The topological polar surface area (TPSA) is 75.5 Å². The highest BCUT2D eigenvalue weighted by molar-refractivity contribution is 9.10. The second-order valence-electron chi connectivity index (χ2n) is 5.96. The number of sulfonamides is 1. The van der Waals surface area contributed by atoms with Crippen LogP contribution in [0.1, 0.15) is 16.8 Å². The Hall–Kier alpha value is -1.71. The van der Waals surface area contributed by atoms with Crippen LogP contribution in [0.3, 0.4) is 0 Å². The Morgan fingerprint density at radius 1 is 1.12 bits per heavy atom. The van der Waals surface area contributed by atoms with Crippen LogP contribution in [0, 0.1) is 0 Å². The van der Waals surface area contributed by atoms with Crippen molar-refractivity contribution >= 4 is 31.9 Å². The first-order valence-electron chi connectivity index (χ1n) is 7.89. The maximum Gasteiger partial charge on any atom is 0.257 e. The predicted octanol–water partition coefficient (Wildman–Crippen LogP) is 1.74. The van der Waals surface area contributed by atoms with E-state index in [1.54, 1.807) is 22.0 Å². The summed E-state index contributed by atoms with van der Waals surface area (Å²) in [4.78, 5) is 14.4. The third-order valence-electron chi connectivity index (χ3n) is 4.13. The molecule has 0 atom stereocenters. The van der Waals surface area contributed by atoms with Crippen LogP contribution >= 0.6 is 15.9 Å². The summed E-state index contributed by atoms with van der Waals surface area (Å²) in [6, 6.07) is 7.63. The third-order valence-corrected chi connectivity index (χ3v) is 5.96. The van der Waals surface area contributed by atoms with E-state index in [0.29, 0.717) is 38.2 Å². The Morgan fingerprint density at radius 3 is 2.52 bits per heavy atom. The van der Waals surface area contributed by atoms with E-state index in [1.807, 2.05) is 24.3 Å². The van der Waals surface area contributed by atoms with E-state index in [-0.39, 0.29) is 5.91 Å². The molecule has 7 nitrogen and oxygen atoms in total. The monoisotopic (exact) mass is 426 g/mol. The van der Waals surface area contributed by atoms with Gasteiger partial charge < -0.3 is 4.90 Å². The Balaban J connectivity index is 1.72. The van der Waals surface area contributed by atoms with E-state index in [1.165, 1.54) is 10.6 Å². The molecule has 134 valence electrons. The number of benzene rings is 1. The lowest BCUT2D eigenvalue weighted by atomic mass is 10.3. The summed E-state index contributed by atoms with van der Waals surface area (Å²) < 4.78 is 27.4. The summed E-state index contributed by atoms with van der Waals surface area (Å²) in [5.41, 5.74) is 1.36. The molecule has 1 amide bonds. The average Bonchev–Trinajstić information content (AvgIpc) is 2.91. The summed E-state index contributed by atoms with van der Waals surface area (Å²) in [5.74, 6) is -0.126. The largest absolute Gasteiger partial charge is 0.337 e. The van der Waals surface area contributed by atoms with Crippen LogP contribution in [-0.2, 0) is 10.0 Å². The van der Waals surface area contributed by atoms with Gasteiger partial charge in [0.1, 0.15) is 0 Å². The van der Waals surface area contributed by atoms with E-state index in [9.17, 15) is 13.2 Å². The first kappa shape index (κ1) is 18.1. The van der Waals surface area contributed by atoms with Crippen molar-refractivity contribution in [3.63, 3.8) is 0 Å². The van der Waals surface area contributed by atoms with Gasteiger partial charge in [-0.1, -0.05) is 15.9 Å². The van der Waals surface area contributed by atoms with Crippen LogP contribution in [0.2, 0.25) is 0 Å². The van der Waals surface area contributed by atoms with Gasteiger partial charge in [-0.15, -0.1) is 0 Å². The molecule has 2 heterocycles. The zero-order valence-corrected chi connectivity index (χ0v) is 16.2. The summed E-state index contributed by atoms with van der Waals surface area (Å²) in [7, 11) is -3.22. The van der Waals surface area contributed by atoms with Crippen molar-refractivity contribution in [3.05, 3.63) is 46.7 Å². The number of nitrogens with zero attached hydrogens (tertiary/aromatic N) is 4. The minimum atomic E-state index is -3.22. The summed E-state index contributed by atoms with van der Waals surface area (Å²) >= 11 is 3.39. The lowest BCUT2D eigenvalue weighted by Crippen LogP contribution is -2.36. The first-order chi connectivity index (χ1) is 11.8. The SMILES string of the molecule is CS(=O)(=O)N1CCCN(C(=O)c2cnn(-c3ccc(Br)cc3)c2)CC1. The molecule has 1 aromatic carbocycles. The van der Waals surface area contributed by atoms with Crippen molar-refractivity contribution in [3.8, 4) is 5.69 Å². The van der Waals surface area contributed by atoms with Gasteiger partial charge in [0.05, 0.1) is 23.7 Å². The molecule has 1 aliphatic rings. The van der Waals surface area contributed by atoms with Crippen molar-refractivity contribution in [1.82, 2.24) is 19.0 Å². The van der Waals surface area contributed by atoms with Crippen LogP contribution in [0.15, 0.2) is 41.1 Å². The highest BCUT2D eigenvalue weighted by atomic mass is 79.9. The van der Waals surface area contributed by atoms with Crippen molar-refractivity contribution in [1.29, 1.82) is 0 Å². The third kappa shape index (κ3) is 4.28. The number of aromatic nitrogens is 2. The van der Waals surface area contributed by atoms with Crippen LogP contribution in [0.5, 0.6) is 0 Å². The second-order valence-corrected chi connectivity index (χ2v) is 8.86. The lowest BCUT2D eigenvalue weighted by molar-refractivity contribution is 0.0764. The standard InChI is InChI=1S/C16H19BrN4O3S/c1-25(23,24)20-8-2-7-19(9-10-20)16(22)13-11-18-21(12-13)15-5-3-14(17)4-6-15/h3-6,11-12H,2,7-10H2,1H3. The van der Waals surface area contributed by atoms with E-state index < -0.39 is 10.0 Å². The molecule has 0 spiro atoms. The molecular formula is C16H19BrN4O3S. The van der Waals surface area contributed by atoms with Crippen LogP contribution < -0.4 is 0 Å². The quantitative estimate of drug-likeness (QED) is 0.748. The number of carbonyl (C=O) groups excluding carboxylic acids is 1. The van der Waals surface area contributed by atoms with Gasteiger partial charge in [0.25, 0.3) is 5.91 Å². The van der Waals surface area contributed by atoms with Crippen molar-refractivity contribution in [2.45, 2.75) is 6.42 Å². The first-order valence-corrected chi connectivity index (χ1v) is 10.5. The molecule has 9 heteroatoms. The fourth-order valence-electron chi connectivity index (χ4n) is 2.78. The van der Waals surface area contributed by atoms with Crippen molar-refractivity contribution < 1.29 is 13.2 Å². The number of carbonyl (C=O) groups is 1. The molecule has 0 saturated carbocycles. The number of amides is 1. The molecule has 0 aliphatic carbocycles. The maximum absolute atomic E-state index is 12.7. The van der Waals surface area contributed by atoms with Crippen LogP contribution in [0.25, 0.3) is 5.69 Å². The molecule has 1 aliphatic heterocycles.